The van der Waals surface area contributed by atoms with Crippen LogP contribution in [-0.4, -0.2) is 45.5 Å². The average molecular weight is 639 g/mol. The maximum atomic E-state index is 15.0. The van der Waals surface area contributed by atoms with Gasteiger partial charge in [-0.05, 0) is 48.0 Å². The van der Waals surface area contributed by atoms with Crippen molar-refractivity contribution < 1.29 is 19.2 Å². The Hall–Kier alpha value is -2.00. The smallest absolute Gasteiger partial charge is 0.260 e. The largest absolute Gasteiger partial charge is 0.294 e. The molecule has 0 aromatic heterocycles. The monoisotopic (exact) mass is 638 g/mol. The van der Waals surface area contributed by atoms with Gasteiger partial charge in [-0.25, -0.2) is 0 Å². The topological polar surface area (TPSA) is 68.3 Å². The zero-order chi connectivity index (χ0) is 30.6. The van der Waals surface area contributed by atoms with Crippen molar-refractivity contribution in [3.63, 3.8) is 0 Å². The van der Waals surface area contributed by atoms with Gasteiger partial charge in [0.2, 0.25) is 5.78 Å². The van der Waals surface area contributed by atoms with Crippen LogP contribution in [0.5, 0.6) is 0 Å². The number of allylic oxidation sites excluding steroid dienone is 3. The van der Waals surface area contributed by atoms with E-state index in [1.165, 1.54) is 11.8 Å². The second-order valence-corrected chi connectivity index (χ2v) is 15.7. The van der Waals surface area contributed by atoms with Gasteiger partial charge in [0.25, 0.3) is 5.12 Å². The van der Waals surface area contributed by atoms with Gasteiger partial charge in [0.15, 0.2) is 11.6 Å². The molecule has 2 bridgehead atoms. The van der Waals surface area contributed by atoms with Crippen LogP contribution in [0.1, 0.15) is 61.8 Å². The highest BCUT2D eigenvalue weighted by molar-refractivity contribution is 8.22. The number of thioether (sulfide) groups is 4. The molecule has 1 fully saturated rings. The summed E-state index contributed by atoms with van der Waals surface area (Å²) in [5.74, 6) is -0.913. The van der Waals surface area contributed by atoms with Crippen molar-refractivity contribution in [2.75, 3.05) is 23.0 Å². The van der Waals surface area contributed by atoms with E-state index in [1.807, 2.05) is 76.2 Å². The number of rotatable bonds is 11. The first kappa shape index (κ1) is 32.9. The van der Waals surface area contributed by atoms with Crippen LogP contribution in [-0.2, 0) is 19.2 Å². The van der Waals surface area contributed by atoms with Crippen LogP contribution < -0.4 is 0 Å². The summed E-state index contributed by atoms with van der Waals surface area (Å²) in [6, 6.07) is 16.1. The quantitative estimate of drug-likeness (QED) is 0.139. The van der Waals surface area contributed by atoms with Crippen molar-refractivity contribution in [2.45, 2.75) is 53.4 Å². The standard InChI is InChI=1S/C34H38O4S4/c1-7-39-32-26-23(21-15-11-19(5)12-16-21)25(29(35)28(32)31(37)33(38)40-8-2)24(22-17-13-20(6)14-18-22)27(30(26)36)34(41-9-3)42-10-4/h11-18,23-26H,7-10H2,1-6H3. The lowest BCUT2D eigenvalue weighted by Gasteiger charge is -2.48. The molecule has 4 nitrogen and oxygen atoms in total. The van der Waals surface area contributed by atoms with Crippen molar-refractivity contribution in [2.24, 2.45) is 11.8 Å². The summed E-state index contributed by atoms with van der Waals surface area (Å²) in [4.78, 5) is 57.1. The number of carbonyl (C=O) groups excluding carboxylic acids is 4. The molecular weight excluding hydrogens is 601 g/mol. The number of Topliss-reactive ketones (excluding diaryl/α,β-unsaturated/α-hetero) is 3. The van der Waals surface area contributed by atoms with Gasteiger partial charge in [-0.2, -0.15) is 0 Å². The van der Waals surface area contributed by atoms with Crippen molar-refractivity contribution in [3.05, 3.63) is 91.1 Å². The van der Waals surface area contributed by atoms with Crippen molar-refractivity contribution in [3.8, 4) is 0 Å². The second-order valence-electron chi connectivity index (χ2n) is 10.3. The van der Waals surface area contributed by atoms with E-state index in [0.29, 0.717) is 22.0 Å². The highest BCUT2D eigenvalue weighted by atomic mass is 32.2. The molecular formula is C34H38O4S4. The summed E-state index contributed by atoms with van der Waals surface area (Å²) in [7, 11) is 0. The Morgan fingerprint density at radius 3 is 1.67 bits per heavy atom. The molecule has 0 spiro atoms. The fourth-order valence-corrected chi connectivity index (χ4v) is 9.89. The molecule has 0 aliphatic heterocycles. The number of aryl methyl sites for hydroxylation is 2. The van der Waals surface area contributed by atoms with Crippen LogP contribution in [0.2, 0.25) is 0 Å². The summed E-state index contributed by atoms with van der Waals surface area (Å²) in [6.07, 6.45) is 0. The first-order valence-corrected chi connectivity index (χ1v) is 18.4. The average Bonchev–Trinajstić information content (AvgIpc) is 2.97. The summed E-state index contributed by atoms with van der Waals surface area (Å²) in [6.45, 7) is 11.9. The van der Waals surface area contributed by atoms with E-state index in [1.54, 1.807) is 23.5 Å². The molecule has 2 aliphatic carbocycles. The summed E-state index contributed by atoms with van der Waals surface area (Å²) in [5, 5.41) is -0.638. The molecule has 1 saturated carbocycles. The molecule has 4 rings (SSSR count). The van der Waals surface area contributed by atoms with Gasteiger partial charge < -0.3 is 0 Å². The summed E-state index contributed by atoms with van der Waals surface area (Å²) < 4.78 is 0.953. The van der Waals surface area contributed by atoms with Crippen LogP contribution >= 0.6 is 47.0 Å². The van der Waals surface area contributed by atoms with Gasteiger partial charge in [-0.3, -0.25) is 19.2 Å². The number of hydrogen-bond acceptors (Lipinski definition) is 8. The second kappa shape index (κ2) is 14.7. The summed E-state index contributed by atoms with van der Waals surface area (Å²) >= 11 is 5.57. The molecule has 2 aromatic carbocycles. The zero-order valence-corrected chi connectivity index (χ0v) is 28.3. The minimum atomic E-state index is -0.769. The van der Waals surface area contributed by atoms with Crippen molar-refractivity contribution >= 4 is 69.5 Å². The van der Waals surface area contributed by atoms with Gasteiger partial charge in [0.1, 0.15) is 0 Å². The first-order valence-electron chi connectivity index (χ1n) is 14.5. The lowest BCUT2D eigenvalue weighted by atomic mass is 9.55. The van der Waals surface area contributed by atoms with Gasteiger partial charge in [-0.15, -0.1) is 35.3 Å². The van der Waals surface area contributed by atoms with Crippen LogP contribution in [0.15, 0.2) is 68.8 Å². The van der Waals surface area contributed by atoms with Crippen LogP contribution in [0.25, 0.3) is 0 Å². The number of hydrogen-bond donors (Lipinski definition) is 0. The Balaban J connectivity index is 2.11. The lowest BCUT2D eigenvalue weighted by molar-refractivity contribution is -0.133. The molecule has 0 heterocycles. The molecule has 8 heteroatoms. The van der Waals surface area contributed by atoms with Crippen molar-refractivity contribution in [1.29, 1.82) is 0 Å². The molecule has 0 N–H and O–H groups in total. The molecule has 42 heavy (non-hydrogen) atoms. The number of ketones is 3. The van der Waals surface area contributed by atoms with Crippen molar-refractivity contribution in [1.82, 2.24) is 0 Å². The third-order valence-electron chi connectivity index (χ3n) is 7.70. The Bertz CT molecular complexity index is 1410. The van der Waals surface area contributed by atoms with E-state index < -0.39 is 34.6 Å². The SMILES string of the molecule is CCSC(=O)C(=O)C1=C(SCC)C2C(=O)C(=C(SCC)SCC)C(c3ccc(C)cc3)C(C1=O)C2c1ccc(C)cc1. The van der Waals surface area contributed by atoms with Gasteiger partial charge in [0.05, 0.1) is 11.5 Å². The lowest BCUT2D eigenvalue weighted by Crippen LogP contribution is -2.49. The molecule has 2 aromatic rings. The van der Waals surface area contributed by atoms with Gasteiger partial charge in [0, 0.05) is 32.5 Å². The third-order valence-corrected chi connectivity index (χ3v) is 11.7. The highest BCUT2D eigenvalue weighted by Gasteiger charge is 2.58. The Morgan fingerprint density at radius 2 is 1.17 bits per heavy atom. The fourth-order valence-electron chi connectivity index (χ4n) is 5.98. The molecule has 4 unspecified atom stereocenters. The highest BCUT2D eigenvalue weighted by Crippen LogP contribution is 2.60. The van der Waals surface area contributed by atoms with Crippen LogP contribution in [0.3, 0.4) is 0 Å². The molecule has 222 valence electrons. The molecule has 0 amide bonds. The van der Waals surface area contributed by atoms with E-state index in [4.69, 9.17) is 0 Å². The summed E-state index contributed by atoms with van der Waals surface area (Å²) in [5.41, 5.74) is 4.58. The molecule has 4 atom stereocenters. The molecule has 2 aliphatic rings. The van der Waals surface area contributed by atoms with Gasteiger partial charge in [-0.1, -0.05) is 99.1 Å². The Morgan fingerprint density at radius 1 is 0.643 bits per heavy atom. The maximum Gasteiger partial charge on any atom is 0.260 e. The number of carbonyl (C=O) groups is 4. The number of benzene rings is 2. The fraction of sp³-hybridized carbons (Fsp3) is 0.412. The van der Waals surface area contributed by atoms with Gasteiger partial charge >= 0.3 is 0 Å². The minimum absolute atomic E-state index is 0.0383. The van der Waals surface area contributed by atoms with Crippen LogP contribution in [0.4, 0.5) is 0 Å². The molecule has 0 saturated heterocycles. The minimum Gasteiger partial charge on any atom is -0.294 e. The zero-order valence-electron chi connectivity index (χ0n) is 25.0. The predicted octanol–water partition coefficient (Wildman–Crippen LogP) is 8.14. The number of fused-ring (bicyclic) bond motifs is 2. The van der Waals surface area contributed by atoms with E-state index in [-0.39, 0.29) is 17.1 Å². The van der Waals surface area contributed by atoms with Crippen LogP contribution in [0, 0.1) is 25.7 Å². The molecule has 0 radical (unpaired) electrons. The Labute approximate surface area is 266 Å². The first-order chi connectivity index (χ1) is 20.2. The third kappa shape index (κ3) is 6.42. The van der Waals surface area contributed by atoms with E-state index >= 15 is 4.79 Å². The normalized spacial score (nSPS) is 22.0. The van der Waals surface area contributed by atoms with E-state index in [2.05, 4.69) is 13.8 Å². The van der Waals surface area contributed by atoms with E-state index in [0.717, 1.165) is 49.8 Å². The Kier molecular flexibility index (Phi) is 11.5. The maximum absolute atomic E-state index is 15.0. The predicted molar refractivity (Wildman–Crippen MR) is 181 cm³/mol. The van der Waals surface area contributed by atoms with E-state index in [9.17, 15) is 14.4 Å².